The number of rotatable bonds is 10. The van der Waals surface area contributed by atoms with Crippen molar-refractivity contribution < 1.29 is 0 Å². The van der Waals surface area contributed by atoms with Crippen LogP contribution in [0.15, 0.2) is 30.3 Å². The Kier molecular flexibility index (Phi) is 8.70. The summed E-state index contributed by atoms with van der Waals surface area (Å²) in [4.78, 5) is 17.7. The van der Waals surface area contributed by atoms with Crippen LogP contribution in [-0.2, 0) is 0 Å². The van der Waals surface area contributed by atoms with E-state index < -0.39 is 0 Å². The van der Waals surface area contributed by atoms with Gasteiger partial charge in [-0.3, -0.25) is 0 Å². The lowest BCUT2D eigenvalue weighted by molar-refractivity contribution is 0.570. The molecule has 5 rings (SSSR count). The molecule has 3 aromatic rings. The van der Waals surface area contributed by atoms with Gasteiger partial charge in [0.1, 0.15) is 0 Å². The summed E-state index contributed by atoms with van der Waals surface area (Å²) in [7, 11) is 0. The van der Waals surface area contributed by atoms with E-state index in [9.17, 15) is 0 Å². The molecule has 2 aliphatic heterocycles. The standard InChI is InChI=1S/C36H42N4/c1-6-11-13-24(8-3)35-31-17-15-26(37-31)23-27-16-18-32(38-27)36(25(9-4)14-12-7-2)34-22-20-30(40-34)28(10-5)29-19-21-33(35)39-29/h5,15-25,37-38H,6-9,11-14H2,1-4H3. The summed E-state index contributed by atoms with van der Waals surface area (Å²) < 4.78 is 0. The second-order valence-electron chi connectivity index (χ2n) is 11.1. The van der Waals surface area contributed by atoms with Gasteiger partial charge in [0.15, 0.2) is 0 Å². The molecular formula is C36H42N4. The molecule has 0 aromatic carbocycles. The minimum absolute atomic E-state index is 0.411. The van der Waals surface area contributed by atoms with Gasteiger partial charge in [-0.2, -0.15) is 0 Å². The van der Waals surface area contributed by atoms with Crippen LogP contribution in [0.2, 0.25) is 0 Å². The molecule has 0 amide bonds. The van der Waals surface area contributed by atoms with E-state index in [0.29, 0.717) is 11.8 Å². The predicted octanol–water partition coefficient (Wildman–Crippen LogP) is 10.0. The highest BCUT2D eigenvalue weighted by Crippen LogP contribution is 2.35. The van der Waals surface area contributed by atoms with Crippen LogP contribution in [-0.4, -0.2) is 19.9 Å². The van der Waals surface area contributed by atoms with Crippen LogP contribution < -0.4 is 0 Å². The summed E-state index contributed by atoms with van der Waals surface area (Å²) in [5.41, 5.74) is 11.3. The molecule has 0 saturated carbocycles. The van der Waals surface area contributed by atoms with Crippen LogP contribution in [0.5, 0.6) is 0 Å². The van der Waals surface area contributed by atoms with Crippen molar-refractivity contribution in [2.24, 2.45) is 0 Å². The Bertz CT molecular complexity index is 1510. The van der Waals surface area contributed by atoms with Crippen molar-refractivity contribution in [2.75, 3.05) is 0 Å². The number of nitrogens with zero attached hydrogens (tertiary/aromatic N) is 2. The molecule has 3 aromatic heterocycles. The fourth-order valence-electron chi connectivity index (χ4n) is 6.20. The Morgan fingerprint density at radius 2 is 1.12 bits per heavy atom. The van der Waals surface area contributed by atoms with Crippen LogP contribution in [0.25, 0.3) is 46.4 Å². The van der Waals surface area contributed by atoms with E-state index in [1.165, 1.54) is 36.8 Å². The second kappa shape index (κ2) is 12.6. The number of terminal acetylenes is 1. The Balaban J connectivity index is 1.86. The molecule has 5 heterocycles. The Hall–Kier alpha value is -3.84. The van der Waals surface area contributed by atoms with Gasteiger partial charge in [0, 0.05) is 33.2 Å². The number of aromatic amines is 2. The molecule has 0 saturated heterocycles. The molecule has 0 radical (unpaired) electrons. The summed E-state index contributed by atoms with van der Waals surface area (Å²) in [6, 6.07) is 11.0. The summed E-state index contributed by atoms with van der Waals surface area (Å²) in [5, 5.41) is 0. The lowest BCUT2D eigenvalue weighted by Crippen LogP contribution is -2.02. The van der Waals surface area contributed by atoms with Gasteiger partial charge in [-0.15, -0.1) is 6.42 Å². The van der Waals surface area contributed by atoms with Crippen molar-refractivity contribution in [3.63, 3.8) is 0 Å². The van der Waals surface area contributed by atoms with Gasteiger partial charge in [-0.1, -0.05) is 59.3 Å². The average molecular weight is 531 g/mol. The van der Waals surface area contributed by atoms with Crippen LogP contribution >= 0.6 is 0 Å². The number of H-pyrrole nitrogens is 2. The van der Waals surface area contributed by atoms with Crippen LogP contribution in [0.1, 0.15) is 130 Å². The first-order chi connectivity index (χ1) is 19.6. The third-order valence-corrected chi connectivity index (χ3v) is 8.41. The van der Waals surface area contributed by atoms with Crippen LogP contribution in [0, 0.1) is 12.3 Å². The van der Waals surface area contributed by atoms with E-state index in [-0.39, 0.29) is 0 Å². The number of aromatic nitrogens is 4. The summed E-state index contributed by atoms with van der Waals surface area (Å²) in [6.45, 7) is 9.07. The van der Waals surface area contributed by atoms with Gasteiger partial charge in [-0.05, 0) is 92.2 Å². The van der Waals surface area contributed by atoms with E-state index in [1.54, 1.807) is 0 Å². The topological polar surface area (TPSA) is 57.4 Å². The monoisotopic (exact) mass is 530 g/mol. The average Bonchev–Trinajstić information content (AvgIpc) is 3.78. The Labute approximate surface area is 239 Å². The molecule has 4 heteroatoms. The fraction of sp³-hybridized carbons (Fsp3) is 0.389. The molecule has 2 unspecified atom stereocenters. The number of hydrogen-bond donors (Lipinski definition) is 2. The number of fused-ring (bicyclic) bond motifs is 8. The number of nitrogens with one attached hydrogen (secondary N) is 2. The first-order valence-corrected chi connectivity index (χ1v) is 15.2. The third kappa shape index (κ3) is 5.56. The normalized spacial score (nSPS) is 13.9. The minimum atomic E-state index is 0.411. The lowest BCUT2D eigenvalue weighted by atomic mass is 9.90. The number of hydrogen-bond acceptors (Lipinski definition) is 2. The highest BCUT2D eigenvalue weighted by molar-refractivity contribution is 5.84. The van der Waals surface area contributed by atoms with Gasteiger partial charge in [0.25, 0.3) is 0 Å². The van der Waals surface area contributed by atoms with E-state index in [1.807, 2.05) is 0 Å². The van der Waals surface area contributed by atoms with E-state index in [2.05, 4.69) is 98.2 Å². The maximum atomic E-state index is 6.13. The van der Waals surface area contributed by atoms with Crippen LogP contribution in [0.3, 0.4) is 0 Å². The van der Waals surface area contributed by atoms with Crippen molar-refractivity contribution in [1.82, 2.24) is 19.9 Å². The predicted molar refractivity (Wildman–Crippen MR) is 172 cm³/mol. The third-order valence-electron chi connectivity index (χ3n) is 8.41. The SMILES string of the molecule is C#Cc1c2nc(c(C(CC)CCCC)c3ccc(cc4ccc([nH]4)c(C(CC)CCCC)c4nc1C=C4)[nH]3)C=C2. The molecule has 2 N–H and O–H groups in total. The van der Waals surface area contributed by atoms with E-state index in [0.717, 1.165) is 76.1 Å². The maximum Gasteiger partial charge on any atom is 0.0816 e. The van der Waals surface area contributed by atoms with Crippen molar-refractivity contribution in [3.8, 4) is 12.3 Å². The zero-order valence-electron chi connectivity index (χ0n) is 24.5. The first-order valence-electron chi connectivity index (χ1n) is 15.2. The molecule has 0 spiro atoms. The van der Waals surface area contributed by atoms with Gasteiger partial charge in [-0.25, -0.2) is 9.97 Å². The second-order valence-corrected chi connectivity index (χ2v) is 11.1. The zero-order valence-corrected chi connectivity index (χ0v) is 24.5. The molecule has 2 aliphatic rings. The van der Waals surface area contributed by atoms with Crippen molar-refractivity contribution >= 4 is 46.4 Å². The Morgan fingerprint density at radius 1 is 0.675 bits per heavy atom. The quantitative estimate of drug-likeness (QED) is 0.176. The van der Waals surface area contributed by atoms with Gasteiger partial charge in [0.05, 0.1) is 28.3 Å². The van der Waals surface area contributed by atoms with Crippen molar-refractivity contribution in [1.29, 1.82) is 0 Å². The van der Waals surface area contributed by atoms with Crippen LogP contribution in [0.4, 0.5) is 0 Å². The molecule has 2 atom stereocenters. The molecule has 4 nitrogen and oxygen atoms in total. The summed E-state index contributed by atoms with van der Waals surface area (Å²) in [6.07, 6.45) is 23.7. The van der Waals surface area contributed by atoms with Crippen molar-refractivity contribution in [2.45, 2.75) is 90.9 Å². The van der Waals surface area contributed by atoms with E-state index in [4.69, 9.17) is 16.4 Å². The van der Waals surface area contributed by atoms with Gasteiger partial charge >= 0.3 is 0 Å². The summed E-state index contributed by atoms with van der Waals surface area (Å²) in [5.74, 6) is 3.76. The molecule has 8 bridgehead atoms. The molecule has 206 valence electrons. The Morgan fingerprint density at radius 3 is 1.52 bits per heavy atom. The zero-order chi connectivity index (χ0) is 28.1. The van der Waals surface area contributed by atoms with E-state index >= 15 is 0 Å². The lowest BCUT2D eigenvalue weighted by Gasteiger charge is -2.16. The largest absolute Gasteiger partial charge is 0.355 e. The molecule has 0 fully saturated rings. The minimum Gasteiger partial charge on any atom is -0.355 e. The highest BCUT2D eigenvalue weighted by atomic mass is 14.8. The highest BCUT2D eigenvalue weighted by Gasteiger charge is 2.21. The molecular weight excluding hydrogens is 488 g/mol. The van der Waals surface area contributed by atoms with Gasteiger partial charge in [0.2, 0.25) is 0 Å². The first kappa shape index (κ1) is 27.7. The summed E-state index contributed by atoms with van der Waals surface area (Å²) >= 11 is 0. The molecule has 0 aliphatic carbocycles. The smallest absolute Gasteiger partial charge is 0.0816 e. The molecule has 40 heavy (non-hydrogen) atoms. The maximum absolute atomic E-state index is 6.13. The fourth-order valence-corrected chi connectivity index (χ4v) is 6.20. The number of unbranched alkanes of at least 4 members (excludes halogenated alkanes) is 2. The van der Waals surface area contributed by atoms with Gasteiger partial charge < -0.3 is 9.97 Å². The van der Waals surface area contributed by atoms with Crippen molar-refractivity contribution in [3.05, 3.63) is 69.8 Å².